The molecule has 0 amide bonds. The fourth-order valence-electron chi connectivity index (χ4n) is 1.84. The van der Waals surface area contributed by atoms with Gasteiger partial charge in [0.25, 0.3) is 0 Å². The molecule has 0 aliphatic heterocycles. The maximum absolute atomic E-state index is 11.5. The standard InChI is InChI=1S/C18H24O/c1-5-6-18(19)13-15(4)7-8-16-9-11-17(12-10-16)14(2)3/h7-14H,5-6H2,1-4H3/b8-7+,15-13+. The van der Waals surface area contributed by atoms with Crippen LogP contribution in [0.4, 0.5) is 0 Å². The van der Waals surface area contributed by atoms with Gasteiger partial charge in [-0.3, -0.25) is 4.79 Å². The number of carbonyl (C=O) groups is 1. The van der Waals surface area contributed by atoms with Crippen LogP contribution in [-0.4, -0.2) is 5.78 Å². The molecule has 1 rings (SSSR count). The molecule has 0 fully saturated rings. The van der Waals surface area contributed by atoms with Crippen molar-refractivity contribution in [3.05, 3.63) is 53.1 Å². The number of allylic oxidation sites excluding steroid dienone is 3. The van der Waals surface area contributed by atoms with E-state index < -0.39 is 0 Å². The summed E-state index contributed by atoms with van der Waals surface area (Å²) in [7, 11) is 0. The number of ketones is 1. The third kappa shape index (κ3) is 5.69. The average molecular weight is 256 g/mol. The highest BCUT2D eigenvalue weighted by Crippen LogP contribution is 2.15. The summed E-state index contributed by atoms with van der Waals surface area (Å²) in [6.45, 7) is 8.37. The number of hydrogen-bond acceptors (Lipinski definition) is 1. The molecule has 0 saturated heterocycles. The third-order valence-corrected chi connectivity index (χ3v) is 3.03. The van der Waals surface area contributed by atoms with E-state index in [1.54, 1.807) is 6.08 Å². The Labute approximate surface area is 117 Å². The van der Waals surface area contributed by atoms with Gasteiger partial charge in [-0.25, -0.2) is 0 Å². The summed E-state index contributed by atoms with van der Waals surface area (Å²) in [6, 6.07) is 8.55. The van der Waals surface area contributed by atoms with Crippen LogP contribution in [0.15, 0.2) is 42.0 Å². The van der Waals surface area contributed by atoms with Gasteiger partial charge >= 0.3 is 0 Å². The first-order valence-corrected chi connectivity index (χ1v) is 7.02. The molecule has 0 N–H and O–H groups in total. The molecule has 0 bridgehead atoms. The largest absolute Gasteiger partial charge is 0.295 e. The van der Waals surface area contributed by atoms with Gasteiger partial charge in [0.05, 0.1) is 0 Å². The van der Waals surface area contributed by atoms with Crippen molar-refractivity contribution >= 4 is 11.9 Å². The van der Waals surface area contributed by atoms with E-state index in [1.165, 1.54) is 11.1 Å². The second-order valence-electron chi connectivity index (χ2n) is 5.26. The lowest BCUT2D eigenvalue weighted by molar-refractivity contribution is -0.114. The van der Waals surface area contributed by atoms with E-state index in [1.807, 2.05) is 19.9 Å². The van der Waals surface area contributed by atoms with Gasteiger partial charge in [0.15, 0.2) is 5.78 Å². The molecule has 1 nitrogen and oxygen atoms in total. The van der Waals surface area contributed by atoms with Crippen molar-refractivity contribution in [2.45, 2.75) is 46.5 Å². The fraction of sp³-hybridized carbons (Fsp3) is 0.389. The van der Waals surface area contributed by atoms with Gasteiger partial charge in [-0.05, 0) is 42.0 Å². The summed E-state index contributed by atoms with van der Waals surface area (Å²) in [6.07, 6.45) is 7.31. The van der Waals surface area contributed by atoms with Crippen LogP contribution in [-0.2, 0) is 4.79 Å². The van der Waals surface area contributed by atoms with Crippen LogP contribution in [0.5, 0.6) is 0 Å². The van der Waals surface area contributed by atoms with E-state index in [0.29, 0.717) is 12.3 Å². The minimum atomic E-state index is 0.208. The van der Waals surface area contributed by atoms with Crippen molar-refractivity contribution in [1.82, 2.24) is 0 Å². The molecule has 0 aromatic heterocycles. The lowest BCUT2D eigenvalue weighted by Crippen LogP contribution is -1.91. The van der Waals surface area contributed by atoms with Crippen molar-refractivity contribution in [3.8, 4) is 0 Å². The molecule has 0 spiro atoms. The first-order valence-electron chi connectivity index (χ1n) is 7.02. The Balaban J connectivity index is 2.68. The summed E-state index contributed by atoms with van der Waals surface area (Å²) in [5.41, 5.74) is 3.52. The minimum Gasteiger partial charge on any atom is -0.295 e. The van der Waals surface area contributed by atoms with Gasteiger partial charge in [0.1, 0.15) is 0 Å². The summed E-state index contributed by atoms with van der Waals surface area (Å²) in [5.74, 6) is 0.770. The van der Waals surface area contributed by atoms with Crippen LogP contribution in [0.3, 0.4) is 0 Å². The highest BCUT2D eigenvalue weighted by molar-refractivity contribution is 5.90. The van der Waals surface area contributed by atoms with Gasteiger partial charge in [0.2, 0.25) is 0 Å². The molecular formula is C18H24O. The SMILES string of the molecule is CCCC(=O)/C=C(C)/C=C/c1ccc(C(C)C)cc1. The summed E-state index contributed by atoms with van der Waals surface area (Å²) < 4.78 is 0. The molecule has 1 aromatic rings. The number of hydrogen-bond donors (Lipinski definition) is 0. The van der Waals surface area contributed by atoms with E-state index in [2.05, 4.69) is 44.2 Å². The lowest BCUT2D eigenvalue weighted by atomic mass is 10.0. The Morgan fingerprint density at radius 1 is 1.21 bits per heavy atom. The zero-order valence-electron chi connectivity index (χ0n) is 12.4. The molecule has 0 saturated carbocycles. The highest BCUT2D eigenvalue weighted by Gasteiger charge is 1.97. The minimum absolute atomic E-state index is 0.208. The van der Waals surface area contributed by atoms with Crippen LogP contribution in [0.1, 0.15) is 57.6 Å². The zero-order chi connectivity index (χ0) is 14.3. The molecule has 0 heterocycles. The van der Waals surface area contributed by atoms with Gasteiger partial charge < -0.3 is 0 Å². The summed E-state index contributed by atoms with van der Waals surface area (Å²) in [5, 5.41) is 0. The fourth-order valence-corrected chi connectivity index (χ4v) is 1.84. The van der Waals surface area contributed by atoms with Gasteiger partial charge in [-0.2, -0.15) is 0 Å². The Bertz CT molecular complexity index is 461. The molecule has 0 unspecified atom stereocenters. The number of rotatable bonds is 6. The first kappa shape index (κ1) is 15.4. The molecule has 0 aliphatic rings. The van der Waals surface area contributed by atoms with E-state index >= 15 is 0 Å². The number of carbonyl (C=O) groups excluding carboxylic acids is 1. The Morgan fingerprint density at radius 3 is 2.37 bits per heavy atom. The van der Waals surface area contributed by atoms with Crippen LogP contribution < -0.4 is 0 Å². The molecule has 1 heteroatoms. The Morgan fingerprint density at radius 2 is 1.84 bits per heavy atom. The monoisotopic (exact) mass is 256 g/mol. The van der Waals surface area contributed by atoms with Crippen molar-refractivity contribution in [3.63, 3.8) is 0 Å². The predicted molar refractivity (Wildman–Crippen MR) is 83.2 cm³/mol. The molecule has 0 radical (unpaired) electrons. The molecule has 19 heavy (non-hydrogen) atoms. The van der Waals surface area contributed by atoms with Crippen LogP contribution in [0.25, 0.3) is 6.08 Å². The Hall–Kier alpha value is -1.63. The molecule has 102 valence electrons. The predicted octanol–water partition coefficient (Wildman–Crippen LogP) is 5.14. The molecule has 0 aliphatic carbocycles. The number of benzene rings is 1. The maximum Gasteiger partial charge on any atom is 0.155 e. The highest BCUT2D eigenvalue weighted by atomic mass is 16.1. The normalized spacial score (nSPS) is 12.4. The Kier molecular flexibility index (Phi) is 6.27. The first-order chi connectivity index (χ1) is 9.02. The quantitative estimate of drug-likeness (QED) is 0.509. The second-order valence-corrected chi connectivity index (χ2v) is 5.26. The summed E-state index contributed by atoms with van der Waals surface area (Å²) >= 11 is 0. The smallest absolute Gasteiger partial charge is 0.155 e. The van der Waals surface area contributed by atoms with Crippen LogP contribution in [0, 0.1) is 0 Å². The van der Waals surface area contributed by atoms with Crippen molar-refractivity contribution < 1.29 is 4.79 Å². The van der Waals surface area contributed by atoms with Crippen LogP contribution in [0.2, 0.25) is 0 Å². The molecule has 1 aromatic carbocycles. The van der Waals surface area contributed by atoms with Crippen molar-refractivity contribution in [2.24, 2.45) is 0 Å². The topological polar surface area (TPSA) is 17.1 Å². The van der Waals surface area contributed by atoms with E-state index in [9.17, 15) is 4.79 Å². The van der Waals surface area contributed by atoms with E-state index in [0.717, 1.165) is 12.0 Å². The summed E-state index contributed by atoms with van der Waals surface area (Å²) in [4.78, 5) is 11.5. The van der Waals surface area contributed by atoms with Gasteiger partial charge in [-0.15, -0.1) is 0 Å². The van der Waals surface area contributed by atoms with Gasteiger partial charge in [0, 0.05) is 6.42 Å². The van der Waals surface area contributed by atoms with E-state index in [-0.39, 0.29) is 5.78 Å². The molecule has 0 atom stereocenters. The zero-order valence-corrected chi connectivity index (χ0v) is 12.4. The average Bonchev–Trinajstić information content (AvgIpc) is 2.37. The second kappa shape index (κ2) is 7.73. The van der Waals surface area contributed by atoms with Gasteiger partial charge in [-0.1, -0.05) is 57.2 Å². The maximum atomic E-state index is 11.5. The third-order valence-electron chi connectivity index (χ3n) is 3.03. The van der Waals surface area contributed by atoms with Crippen molar-refractivity contribution in [2.75, 3.05) is 0 Å². The lowest BCUT2D eigenvalue weighted by Gasteiger charge is -2.04. The van der Waals surface area contributed by atoms with Crippen LogP contribution >= 0.6 is 0 Å². The molecular weight excluding hydrogens is 232 g/mol. The van der Waals surface area contributed by atoms with E-state index in [4.69, 9.17) is 0 Å². The van der Waals surface area contributed by atoms with Crippen molar-refractivity contribution in [1.29, 1.82) is 0 Å².